The van der Waals surface area contributed by atoms with Crippen LogP contribution in [0, 0.1) is 10.1 Å². The molecular weight excluding hydrogens is 356 g/mol. The second-order valence-corrected chi connectivity index (χ2v) is 7.06. The van der Waals surface area contributed by atoms with E-state index in [1.807, 2.05) is 12.1 Å². The molecule has 0 radical (unpaired) electrons. The van der Waals surface area contributed by atoms with Crippen molar-refractivity contribution in [3.05, 3.63) is 75.3 Å². The molecule has 6 nitrogen and oxygen atoms in total. The highest BCUT2D eigenvalue weighted by Crippen LogP contribution is 2.21. The number of likely N-dealkylation sites (tertiary alicyclic amines) is 1. The number of nitrogens with one attached hydrogen (secondary N) is 1. The molecule has 0 unspecified atom stereocenters. The van der Waals surface area contributed by atoms with Gasteiger partial charge < -0.3 is 9.64 Å². The van der Waals surface area contributed by atoms with E-state index in [4.69, 9.17) is 4.74 Å². The van der Waals surface area contributed by atoms with Gasteiger partial charge in [-0.3, -0.25) is 14.9 Å². The molecular formula is C22H25N2O4+. The van der Waals surface area contributed by atoms with Crippen LogP contribution in [0.15, 0.2) is 48.5 Å². The number of rotatable bonds is 7. The van der Waals surface area contributed by atoms with Gasteiger partial charge in [0.05, 0.1) is 25.1 Å². The molecule has 1 fully saturated rings. The van der Waals surface area contributed by atoms with Gasteiger partial charge in [-0.1, -0.05) is 18.2 Å². The van der Waals surface area contributed by atoms with Crippen molar-refractivity contribution in [3.8, 4) is 5.75 Å². The first-order valence-corrected chi connectivity index (χ1v) is 9.54. The fourth-order valence-corrected chi connectivity index (χ4v) is 3.58. The molecule has 2 aromatic rings. The number of allylic oxidation sites excluding steroid dienone is 1. The number of ether oxygens (including phenoxy) is 1. The van der Waals surface area contributed by atoms with Gasteiger partial charge in [-0.15, -0.1) is 0 Å². The average Bonchev–Trinajstić information content (AvgIpc) is 2.73. The van der Waals surface area contributed by atoms with Crippen molar-refractivity contribution in [3.63, 3.8) is 0 Å². The molecule has 0 amide bonds. The zero-order valence-electron chi connectivity index (χ0n) is 16.0. The topological polar surface area (TPSA) is 73.9 Å². The molecule has 0 bridgehead atoms. The zero-order valence-corrected chi connectivity index (χ0v) is 16.0. The van der Waals surface area contributed by atoms with Gasteiger partial charge in [0.1, 0.15) is 12.3 Å². The van der Waals surface area contributed by atoms with E-state index >= 15 is 0 Å². The summed E-state index contributed by atoms with van der Waals surface area (Å²) < 4.78 is 5.48. The molecule has 1 saturated heterocycles. The predicted octanol–water partition coefficient (Wildman–Crippen LogP) is 3.07. The zero-order chi connectivity index (χ0) is 19.9. The van der Waals surface area contributed by atoms with Crippen molar-refractivity contribution in [2.24, 2.45) is 0 Å². The first-order valence-electron chi connectivity index (χ1n) is 9.54. The molecule has 0 aliphatic carbocycles. The van der Waals surface area contributed by atoms with E-state index in [1.54, 1.807) is 31.4 Å². The van der Waals surface area contributed by atoms with Crippen molar-refractivity contribution in [1.29, 1.82) is 0 Å². The maximum absolute atomic E-state index is 12.6. The predicted molar refractivity (Wildman–Crippen MR) is 108 cm³/mol. The number of piperidine rings is 1. The molecule has 0 atom stereocenters. The van der Waals surface area contributed by atoms with E-state index in [0.29, 0.717) is 11.1 Å². The van der Waals surface area contributed by atoms with Gasteiger partial charge in [0.25, 0.3) is 5.69 Å². The van der Waals surface area contributed by atoms with Gasteiger partial charge in [-0.2, -0.15) is 0 Å². The molecule has 0 saturated carbocycles. The minimum absolute atomic E-state index is 0.00541. The van der Waals surface area contributed by atoms with Crippen LogP contribution in [0.3, 0.4) is 0 Å². The first-order chi connectivity index (χ1) is 13.6. The van der Waals surface area contributed by atoms with Crippen molar-refractivity contribution in [2.75, 3.05) is 20.2 Å². The Morgan fingerprint density at radius 3 is 2.68 bits per heavy atom. The van der Waals surface area contributed by atoms with Crippen LogP contribution in [0.2, 0.25) is 0 Å². The largest absolute Gasteiger partial charge is 0.496 e. The molecule has 1 heterocycles. The lowest BCUT2D eigenvalue weighted by atomic mass is 10.0. The number of benzene rings is 2. The van der Waals surface area contributed by atoms with E-state index in [2.05, 4.69) is 0 Å². The van der Waals surface area contributed by atoms with Gasteiger partial charge in [-0.25, -0.2) is 0 Å². The van der Waals surface area contributed by atoms with E-state index in [9.17, 15) is 14.9 Å². The number of methoxy groups -OCH3 is 1. The molecule has 6 heteroatoms. The summed E-state index contributed by atoms with van der Waals surface area (Å²) in [6.45, 7) is 3.14. The standard InChI is InChI=1S/C22H24N2O4/c1-28-22-11-9-18(15-19(22)16-23-12-3-2-4-13-23)21(25)10-8-17-6-5-7-20(14-17)24(26)27/h5-11,14-15H,2-4,12-13,16H2,1H3/p+1/b10-8+. The van der Waals surface area contributed by atoms with Gasteiger partial charge in [-0.05, 0) is 49.1 Å². The second kappa shape index (κ2) is 9.28. The van der Waals surface area contributed by atoms with E-state index < -0.39 is 4.92 Å². The third-order valence-corrected chi connectivity index (χ3v) is 5.07. The fraction of sp³-hybridized carbons (Fsp3) is 0.318. The minimum atomic E-state index is -0.447. The SMILES string of the molecule is COc1ccc(C(=O)/C=C/c2cccc([N+](=O)[O-])c2)cc1C[NH+]1CCCCC1. The Morgan fingerprint density at radius 1 is 1.18 bits per heavy atom. The minimum Gasteiger partial charge on any atom is -0.496 e. The lowest BCUT2D eigenvalue weighted by Gasteiger charge is -2.24. The molecule has 1 N–H and O–H groups in total. The number of nitro benzene ring substituents is 1. The molecule has 146 valence electrons. The summed E-state index contributed by atoms with van der Waals surface area (Å²) in [6, 6.07) is 11.7. The Kier molecular flexibility index (Phi) is 6.55. The number of hydrogen-bond donors (Lipinski definition) is 1. The number of nitrogens with zero attached hydrogens (tertiary/aromatic N) is 1. The monoisotopic (exact) mass is 381 g/mol. The van der Waals surface area contributed by atoms with Crippen LogP contribution >= 0.6 is 0 Å². The Labute approximate surface area is 164 Å². The van der Waals surface area contributed by atoms with Gasteiger partial charge in [0.2, 0.25) is 0 Å². The summed E-state index contributed by atoms with van der Waals surface area (Å²) in [5.41, 5.74) is 2.25. The highest BCUT2D eigenvalue weighted by molar-refractivity contribution is 6.07. The maximum atomic E-state index is 12.6. The summed E-state index contributed by atoms with van der Waals surface area (Å²) in [7, 11) is 1.65. The summed E-state index contributed by atoms with van der Waals surface area (Å²) in [6.07, 6.45) is 6.83. The number of nitro groups is 1. The molecule has 28 heavy (non-hydrogen) atoms. The number of non-ortho nitro benzene ring substituents is 1. The number of carbonyl (C=O) groups excluding carboxylic acids is 1. The Hall–Kier alpha value is -2.99. The molecule has 0 aromatic heterocycles. The quantitative estimate of drug-likeness (QED) is 0.346. The molecule has 1 aliphatic heterocycles. The third-order valence-electron chi connectivity index (χ3n) is 5.07. The molecule has 0 spiro atoms. The molecule has 2 aromatic carbocycles. The van der Waals surface area contributed by atoms with Crippen LogP contribution < -0.4 is 9.64 Å². The second-order valence-electron chi connectivity index (χ2n) is 7.06. The maximum Gasteiger partial charge on any atom is 0.270 e. The van der Waals surface area contributed by atoms with Crippen molar-refractivity contribution in [1.82, 2.24) is 0 Å². The van der Waals surface area contributed by atoms with Gasteiger partial charge >= 0.3 is 0 Å². The van der Waals surface area contributed by atoms with Crippen molar-refractivity contribution < 1.29 is 19.4 Å². The number of ketones is 1. The van der Waals surface area contributed by atoms with Crippen LogP contribution in [-0.4, -0.2) is 30.9 Å². The summed E-state index contributed by atoms with van der Waals surface area (Å²) in [5.74, 6) is 0.668. The van der Waals surface area contributed by atoms with Crippen LogP contribution in [0.25, 0.3) is 6.08 Å². The van der Waals surface area contributed by atoms with E-state index in [1.165, 1.54) is 42.4 Å². The van der Waals surface area contributed by atoms with Gasteiger partial charge in [0, 0.05) is 23.3 Å². The normalized spacial score (nSPS) is 14.9. The Balaban J connectivity index is 1.76. The number of carbonyl (C=O) groups is 1. The summed E-state index contributed by atoms with van der Waals surface area (Å²) in [4.78, 5) is 24.6. The van der Waals surface area contributed by atoms with E-state index in [-0.39, 0.29) is 11.5 Å². The lowest BCUT2D eigenvalue weighted by Crippen LogP contribution is -3.11. The Morgan fingerprint density at radius 2 is 1.96 bits per heavy atom. The van der Waals surface area contributed by atoms with Crippen LogP contribution in [0.1, 0.15) is 40.7 Å². The van der Waals surface area contributed by atoms with Crippen LogP contribution in [-0.2, 0) is 6.54 Å². The van der Waals surface area contributed by atoms with Crippen molar-refractivity contribution >= 4 is 17.5 Å². The van der Waals surface area contributed by atoms with Crippen LogP contribution in [0.5, 0.6) is 5.75 Å². The van der Waals surface area contributed by atoms with Crippen LogP contribution in [0.4, 0.5) is 5.69 Å². The van der Waals surface area contributed by atoms with Gasteiger partial charge in [0.15, 0.2) is 5.78 Å². The van der Waals surface area contributed by atoms with E-state index in [0.717, 1.165) is 30.9 Å². The fourth-order valence-electron chi connectivity index (χ4n) is 3.58. The summed E-state index contributed by atoms with van der Waals surface area (Å²) >= 11 is 0. The Bertz CT molecular complexity index is 886. The molecule has 1 aliphatic rings. The highest BCUT2D eigenvalue weighted by atomic mass is 16.6. The first kappa shape index (κ1) is 19.8. The highest BCUT2D eigenvalue weighted by Gasteiger charge is 2.17. The lowest BCUT2D eigenvalue weighted by molar-refractivity contribution is -0.918. The van der Waals surface area contributed by atoms with Crippen molar-refractivity contribution in [2.45, 2.75) is 25.8 Å². The molecule has 3 rings (SSSR count). The smallest absolute Gasteiger partial charge is 0.270 e. The third kappa shape index (κ3) is 5.04. The number of quaternary nitrogens is 1. The summed E-state index contributed by atoms with van der Waals surface area (Å²) in [5, 5.41) is 10.9. The number of hydrogen-bond acceptors (Lipinski definition) is 4. The average molecular weight is 381 g/mol.